The van der Waals surface area contributed by atoms with Gasteiger partial charge < -0.3 is 15.4 Å². The maximum absolute atomic E-state index is 11.9. The Morgan fingerprint density at radius 3 is 2.30 bits per heavy atom. The van der Waals surface area contributed by atoms with Crippen LogP contribution >= 0.6 is 0 Å². The fourth-order valence-corrected chi connectivity index (χ4v) is 2.51. The molecule has 1 amide bonds. The molecule has 1 aliphatic rings. The zero-order valence-corrected chi connectivity index (χ0v) is 13.8. The lowest BCUT2D eigenvalue weighted by Crippen LogP contribution is -2.49. The Kier molecular flexibility index (Phi) is 6.80. The molecule has 1 aliphatic carbocycles. The number of nitrogens with one attached hydrogen (secondary N) is 2. The highest BCUT2D eigenvalue weighted by Gasteiger charge is 2.22. The van der Waals surface area contributed by atoms with Crippen LogP contribution in [0.1, 0.15) is 66.7 Å². The van der Waals surface area contributed by atoms with Crippen molar-refractivity contribution < 1.29 is 9.53 Å². The van der Waals surface area contributed by atoms with Crippen molar-refractivity contribution in [3.63, 3.8) is 0 Å². The Balaban J connectivity index is 2.37. The Hall–Kier alpha value is -0.770. The van der Waals surface area contributed by atoms with Crippen molar-refractivity contribution in [2.75, 3.05) is 6.54 Å². The molecule has 20 heavy (non-hydrogen) atoms. The second-order valence-corrected chi connectivity index (χ2v) is 7.24. The summed E-state index contributed by atoms with van der Waals surface area (Å²) in [5.41, 5.74) is -0.442. The van der Waals surface area contributed by atoms with Crippen LogP contribution in [-0.4, -0.2) is 30.3 Å². The first-order chi connectivity index (χ1) is 9.28. The third-order valence-electron chi connectivity index (χ3n) is 3.74. The van der Waals surface area contributed by atoms with Crippen LogP contribution in [0.2, 0.25) is 0 Å². The van der Waals surface area contributed by atoms with Gasteiger partial charge >= 0.3 is 6.09 Å². The molecule has 0 aromatic heterocycles. The van der Waals surface area contributed by atoms with Crippen LogP contribution in [0.25, 0.3) is 0 Å². The van der Waals surface area contributed by atoms with Gasteiger partial charge in [0, 0.05) is 18.6 Å². The average molecular weight is 284 g/mol. The molecular formula is C16H32N2O2. The van der Waals surface area contributed by atoms with E-state index in [-0.39, 0.29) is 12.1 Å². The molecule has 0 saturated heterocycles. The minimum Gasteiger partial charge on any atom is -0.444 e. The molecule has 1 saturated carbocycles. The highest BCUT2D eigenvalue weighted by atomic mass is 16.6. The molecule has 0 radical (unpaired) electrons. The van der Waals surface area contributed by atoms with Crippen molar-refractivity contribution in [2.45, 2.75) is 84.4 Å². The van der Waals surface area contributed by atoms with Crippen molar-refractivity contribution in [1.29, 1.82) is 0 Å². The van der Waals surface area contributed by atoms with Crippen LogP contribution in [0.15, 0.2) is 0 Å². The van der Waals surface area contributed by atoms with Crippen molar-refractivity contribution in [2.24, 2.45) is 5.92 Å². The second kappa shape index (κ2) is 7.87. The van der Waals surface area contributed by atoms with Gasteiger partial charge in [0.1, 0.15) is 5.60 Å². The molecule has 0 aromatic carbocycles. The molecule has 1 rings (SSSR count). The predicted octanol–water partition coefficient (Wildman–Crippen LogP) is 3.46. The van der Waals surface area contributed by atoms with Gasteiger partial charge in [0.15, 0.2) is 0 Å². The van der Waals surface area contributed by atoms with Crippen LogP contribution in [0.5, 0.6) is 0 Å². The number of amides is 1. The Bertz CT molecular complexity index is 291. The first-order valence-corrected chi connectivity index (χ1v) is 8.01. The largest absolute Gasteiger partial charge is 0.444 e. The van der Waals surface area contributed by atoms with Crippen LogP contribution in [-0.2, 0) is 4.74 Å². The maximum Gasteiger partial charge on any atom is 0.407 e. The highest BCUT2D eigenvalue weighted by molar-refractivity contribution is 5.68. The second-order valence-electron chi connectivity index (χ2n) is 7.24. The molecule has 0 aromatic rings. The van der Waals surface area contributed by atoms with E-state index in [1.807, 2.05) is 20.8 Å². The van der Waals surface area contributed by atoms with Gasteiger partial charge in [-0.3, -0.25) is 0 Å². The van der Waals surface area contributed by atoms with Gasteiger partial charge in [0.05, 0.1) is 0 Å². The first-order valence-electron chi connectivity index (χ1n) is 8.01. The summed E-state index contributed by atoms with van der Waals surface area (Å²) in [7, 11) is 0. The van der Waals surface area contributed by atoms with E-state index >= 15 is 0 Å². The summed E-state index contributed by atoms with van der Waals surface area (Å²) in [5, 5.41) is 6.59. The van der Waals surface area contributed by atoms with Crippen molar-refractivity contribution in [3.05, 3.63) is 0 Å². The molecule has 4 heteroatoms. The number of hydrogen-bond acceptors (Lipinski definition) is 3. The zero-order valence-electron chi connectivity index (χ0n) is 13.8. The number of hydrogen-bond donors (Lipinski definition) is 2. The summed E-state index contributed by atoms with van der Waals surface area (Å²) < 4.78 is 5.33. The monoisotopic (exact) mass is 284 g/mol. The zero-order chi connectivity index (χ0) is 15.2. The molecule has 2 N–H and O–H groups in total. The van der Waals surface area contributed by atoms with E-state index in [4.69, 9.17) is 4.74 Å². The van der Waals surface area contributed by atoms with Gasteiger partial charge in [-0.05, 0) is 39.5 Å². The Labute approximate surface area is 124 Å². The molecule has 0 spiro atoms. The van der Waals surface area contributed by atoms with Crippen molar-refractivity contribution >= 4 is 6.09 Å². The van der Waals surface area contributed by atoms with Gasteiger partial charge in [-0.1, -0.05) is 33.1 Å². The quantitative estimate of drug-likeness (QED) is 0.813. The van der Waals surface area contributed by atoms with Gasteiger partial charge in [0.25, 0.3) is 0 Å². The number of rotatable bonds is 5. The number of alkyl carbamates (subject to hydrolysis) is 1. The average Bonchev–Trinajstić information content (AvgIpc) is 2.33. The van der Waals surface area contributed by atoms with Crippen LogP contribution in [0.3, 0.4) is 0 Å². The molecule has 0 heterocycles. The minimum atomic E-state index is -0.442. The lowest BCUT2D eigenvalue weighted by molar-refractivity contribution is 0.0488. The van der Waals surface area contributed by atoms with Crippen LogP contribution < -0.4 is 10.6 Å². The lowest BCUT2D eigenvalue weighted by atomic mass is 9.95. The van der Waals surface area contributed by atoms with Crippen LogP contribution in [0.4, 0.5) is 4.79 Å². The van der Waals surface area contributed by atoms with Crippen molar-refractivity contribution in [3.8, 4) is 0 Å². The molecule has 1 unspecified atom stereocenters. The molecule has 0 aliphatic heterocycles. The van der Waals surface area contributed by atoms with Gasteiger partial charge in [-0.2, -0.15) is 0 Å². The molecule has 4 nitrogen and oxygen atoms in total. The molecular weight excluding hydrogens is 252 g/mol. The normalized spacial score (nSPS) is 18.9. The third-order valence-corrected chi connectivity index (χ3v) is 3.74. The predicted molar refractivity (Wildman–Crippen MR) is 82.9 cm³/mol. The third kappa shape index (κ3) is 7.13. The summed E-state index contributed by atoms with van der Waals surface area (Å²) in [5.74, 6) is 0.388. The highest BCUT2D eigenvalue weighted by Crippen LogP contribution is 2.17. The molecule has 0 bridgehead atoms. The van der Waals surface area contributed by atoms with E-state index in [2.05, 4.69) is 24.5 Å². The molecule has 1 atom stereocenters. The van der Waals surface area contributed by atoms with E-state index in [0.717, 1.165) is 6.54 Å². The van der Waals surface area contributed by atoms with Crippen molar-refractivity contribution in [1.82, 2.24) is 10.6 Å². The van der Waals surface area contributed by atoms with Gasteiger partial charge in [0.2, 0.25) is 0 Å². The molecule has 118 valence electrons. The van der Waals surface area contributed by atoms with Crippen LogP contribution in [0, 0.1) is 5.92 Å². The number of ether oxygens (including phenoxy) is 1. The van der Waals surface area contributed by atoms with E-state index in [1.54, 1.807) is 0 Å². The fourth-order valence-electron chi connectivity index (χ4n) is 2.51. The molecule has 1 fully saturated rings. The van der Waals surface area contributed by atoms with E-state index < -0.39 is 5.60 Å². The standard InChI is InChI=1S/C16H32N2O2/c1-12(2)14(18-15(19)20-16(3,4)5)11-17-13-9-7-6-8-10-13/h12-14,17H,6-11H2,1-5H3,(H,18,19). The van der Waals surface area contributed by atoms with E-state index in [9.17, 15) is 4.79 Å². The van der Waals surface area contributed by atoms with Gasteiger partial charge in [-0.15, -0.1) is 0 Å². The van der Waals surface area contributed by atoms with E-state index in [1.165, 1.54) is 32.1 Å². The SMILES string of the molecule is CC(C)C(CNC1CCCCC1)NC(=O)OC(C)(C)C. The summed E-state index contributed by atoms with van der Waals surface area (Å²) in [4.78, 5) is 11.9. The summed E-state index contributed by atoms with van der Waals surface area (Å²) in [6, 6.07) is 0.734. The topological polar surface area (TPSA) is 50.4 Å². The Morgan fingerprint density at radius 1 is 1.20 bits per heavy atom. The number of carbonyl (C=O) groups excluding carboxylic acids is 1. The fraction of sp³-hybridized carbons (Fsp3) is 0.938. The summed E-state index contributed by atoms with van der Waals surface area (Å²) in [6.07, 6.45) is 6.21. The maximum atomic E-state index is 11.9. The lowest BCUT2D eigenvalue weighted by Gasteiger charge is -2.29. The smallest absolute Gasteiger partial charge is 0.407 e. The summed E-state index contributed by atoms with van der Waals surface area (Å²) >= 11 is 0. The van der Waals surface area contributed by atoms with Gasteiger partial charge in [-0.25, -0.2) is 4.79 Å². The summed E-state index contributed by atoms with van der Waals surface area (Å²) in [6.45, 7) is 10.7. The first kappa shape index (κ1) is 17.3. The Morgan fingerprint density at radius 2 is 1.80 bits per heavy atom. The van der Waals surface area contributed by atoms with E-state index in [0.29, 0.717) is 12.0 Å². The number of carbonyl (C=O) groups is 1. The minimum absolute atomic E-state index is 0.117.